The van der Waals surface area contributed by atoms with Crippen molar-refractivity contribution in [3.63, 3.8) is 0 Å². The van der Waals surface area contributed by atoms with Crippen LogP contribution < -0.4 is 0 Å². The van der Waals surface area contributed by atoms with Crippen LogP contribution in [0.25, 0.3) is 0 Å². The van der Waals surface area contributed by atoms with Gasteiger partial charge in [-0.1, -0.05) is 39.5 Å². The first-order valence-corrected chi connectivity index (χ1v) is 6.13. The van der Waals surface area contributed by atoms with Crippen LogP contribution in [0.5, 0.6) is 0 Å². The summed E-state index contributed by atoms with van der Waals surface area (Å²) in [5, 5.41) is 0. The molecule has 0 aromatic carbocycles. The second-order valence-corrected chi connectivity index (χ2v) is 5.58. The first-order chi connectivity index (χ1) is 4.13. The van der Waals surface area contributed by atoms with Gasteiger partial charge in [0.1, 0.15) is 0 Å². The lowest BCUT2D eigenvalue weighted by Crippen LogP contribution is -1.99. The largest absolute Gasteiger partial charge is 0.364 e. The van der Waals surface area contributed by atoms with Crippen molar-refractivity contribution in [1.29, 1.82) is 0 Å². The van der Waals surface area contributed by atoms with E-state index < -0.39 is 0 Å². The monoisotopic (exact) mass is 138 g/mol. The van der Waals surface area contributed by atoms with Gasteiger partial charge in [-0.25, -0.2) is 0 Å². The Morgan fingerprint density at radius 1 is 0.889 bits per heavy atom. The molecule has 0 nitrogen and oxygen atoms in total. The molecule has 0 unspecified atom stereocenters. The molecule has 0 aliphatic rings. The van der Waals surface area contributed by atoms with Crippen LogP contribution in [0.15, 0.2) is 0 Å². The zero-order valence-electron chi connectivity index (χ0n) is 7.28. The maximum absolute atomic E-state index is 2.33. The molecule has 0 aliphatic carbocycles. The van der Waals surface area contributed by atoms with Crippen LogP contribution in [0.2, 0.25) is 9.10 Å². The average molecular weight is 139 g/mol. The lowest BCUT2D eigenvalue weighted by Gasteiger charge is -2.03. The molecular formula is C8H18Mg. The second kappa shape index (κ2) is 5.54. The quantitative estimate of drug-likeness (QED) is 0.524. The average Bonchev–Trinajstić information content (AvgIpc) is 1.63. The van der Waals surface area contributed by atoms with Crippen LogP contribution in [0, 0.1) is 11.8 Å². The van der Waals surface area contributed by atoms with Gasteiger partial charge < -0.3 is 0 Å². The van der Waals surface area contributed by atoms with Gasteiger partial charge in [0.25, 0.3) is 0 Å². The van der Waals surface area contributed by atoms with E-state index in [-0.39, 0.29) is 0 Å². The number of rotatable bonds is 4. The zero-order valence-corrected chi connectivity index (χ0v) is 8.69. The van der Waals surface area contributed by atoms with E-state index in [9.17, 15) is 0 Å². The van der Waals surface area contributed by atoms with Gasteiger partial charge in [0.05, 0.1) is 0 Å². The predicted molar refractivity (Wildman–Crippen MR) is 45.0 cm³/mol. The van der Waals surface area contributed by atoms with E-state index in [0.29, 0.717) is 20.4 Å². The molecule has 1 heteroatoms. The van der Waals surface area contributed by atoms with Crippen LogP contribution in [0.3, 0.4) is 0 Å². The Kier molecular flexibility index (Phi) is 6.02. The Labute approximate surface area is 69.1 Å². The van der Waals surface area contributed by atoms with Crippen molar-refractivity contribution in [2.24, 2.45) is 11.8 Å². The summed E-state index contributed by atoms with van der Waals surface area (Å²) in [6.07, 6.45) is 0. The van der Waals surface area contributed by atoms with Crippen molar-refractivity contribution in [2.75, 3.05) is 0 Å². The highest BCUT2D eigenvalue weighted by Gasteiger charge is 2.00. The minimum Gasteiger partial charge on any atom is -0.144 e. The second-order valence-electron chi connectivity index (χ2n) is 3.72. The van der Waals surface area contributed by atoms with Gasteiger partial charge in [-0.3, -0.25) is 0 Å². The van der Waals surface area contributed by atoms with Crippen molar-refractivity contribution in [3.05, 3.63) is 0 Å². The lowest BCUT2D eigenvalue weighted by atomic mass is 10.3. The summed E-state index contributed by atoms with van der Waals surface area (Å²) in [7, 11) is 0. The van der Waals surface area contributed by atoms with Crippen molar-refractivity contribution in [3.8, 4) is 0 Å². The van der Waals surface area contributed by atoms with Crippen LogP contribution in [-0.4, -0.2) is 20.4 Å². The van der Waals surface area contributed by atoms with Crippen LogP contribution in [-0.2, 0) is 0 Å². The summed E-state index contributed by atoms with van der Waals surface area (Å²) in [6.45, 7) is 9.31. The minimum absolute atomic E-state index is 0.316. The number of hydrogen-bond acceptors (Lipinski definition) is 0. The van der Waals surface area contributed by atoms with Gasteiger partial charge in [0.15, 0.2) is 0 Å². The van der Waals surface area contributed by atoms with Gasteiger partial charge in [-0.05, 0) is 0 Å². The standard InChI is InChI=1S/2C4H9.Mg/c2*1-4(2)3;/h2*4H,1H2,2-3H3;. The van der Waals surface area contributed by atoms with Gasteiger partial charge in [-0.2, -0.15) is 0 Å². The van der Waals surface area contributed by atoms with E-state index >= 15 is 0 Å². The molecule has 0 N–H and O–H groups in total. The Morgan fingerprint density at radius 2 is 1.22 bits per heavy atom. The molecule has 9 heavy (non-hydrogen) atoms. The molecule has 0 fully saturated rings. The van der Waals surface area contributed by atoms with E-state index in [2.05, 4.69) is 27.7 Å². The third kappa shape index (κ3) is 8.77. The Morgan fingerprint density at radius 3 is 1.44 bits per heavy atom. The van der Waals surface area contributed by atoms with Crippen LogP contribution in [0.1, 0.15) is 27.7 Å². The highest BCUT2D eigenvalue weighted by molar-refractivity contribution is 6.35. The summed E-state index contributed by atoms with van der Waals surface area (Å²) < 4.78 is 3.08. The van der Waals surface area contributed by atoms with Crippen molar-refractivity contribution in [2.45, 2.75) is 36.8 Å². The Balaban J connectivity index is 2.91. The zero-order chi connectivity index (χ0) is 7.28. The summed E-state index contributed by atoms with van der Waals surface area (Å²) in [5.41, 5.74) is 0. The smallest absolute Gasteiger partial charge is 0.144 e. The molecule has 0 amide bonds. The summed E-state index contributed by atoms with van der Waals surface area (Å²) in [6, 6.07) is 0. The van der Waals surface area contributed by atoms with Crippen molar-refractivity contribution in [1.82, 2.24) is 0 Å². The van der Waals surface area contributed by atoms with E-state index in [0.717, 1.165) is 11.8 Å². The third-order valence-electron chi connectivity index (χ3n) is 1.56. The molecule has 0 bridgehead atoms. The maximum Gasteiger partial charge on any atom is 0.364 e. The molecular weight excluding hydrogens is 120 g/mol. The Hall–Kier alpha value is 0.766. The molecule has 0 saturated heterocycles. The molecule has 0 aliphatic heterocycles. The number of hydrogen-bond donors (Lipinski definition) is 0. The third-order valence-corrected chi connectivity index (χ3v) is 4.69. The normalized spacial score (nSPS) is 10.4. The molecule has 0 aromatic rings. The molecule has 0 rings (SSSR count). The van der Waals surface area contributed by atoms with Gasteiger partial charge in [0, 0.05) is 0 Å². The van der Waals surface area contributed by atoms with E-state index in [4.69, 9.17) is 0 Å². The minimum atomic E-state index is 0.316. The first kappa shape index (κ1) is 9.77. The van der Waals surface area contributed by atoms with Crippen LogP contribution >= 0.6 is 0 Å². The predicted octanol–water partition coefficient (Wildman–Crippen LogP) is 2.84. The molecule has 0 radical (unpaired) electrons. The highest BCUT2D eigenvalue weighted by Crippen LogP contribution is 2.05. The van der Waals surface area contributed by atoms with Gasteiger partial charge in [-0.15, -0.1) is 9.10 Å². The first-order valence-electron chi connectivity index (χ1n) is 4.13. The highest BCUT2D eigenvalue weighted by atomic mass is 24.5. The Bertz CT molecular complexity index is 49.6. The van der Waals surface area contributed by atoms with E-state index in [1.807, 2.05) is 0 Å². The van der Waals surface area contributed by atoms with E-state index in [1.165, 1.54) is 9.10 Å². The maximum atomic E-state index is 2.33. The summed E-state index contributed by atoms with van der Waals surface area (Å²) >= 11 is 0.316. The van der Waals surface area contributed by atoms with Crippen LogP contribution in [0.4, 0.5) is 0 Å². The molecule has 0 aromatic heterocycles. The summed E-state index contributed by atoms with van der Waals surface area (Å²) in [4.78, 5) is 0. The lowest BCUT2D eigenvalue weighted by molar-refractivity contribution is 0.700. The fraction of sp³-hybridized carbons (Fsp3) is 1.00. The molecule has 0 saturated carbocycles. The van der Waals surface area contributed by atoms with Gasteiger partial charge in [0.2, 0.25) is 0 Å². The molecule has 0 spiro atoms. The van der Waals surface area contributed by atoms with Crippen molar-refractivity contribution >= 4 is 20.4 Å². The molecule has 0 atom stereocenters. The SMILES string of the molecule is CC(C)[CH2][Mg][CH2]C(C)C. The fourth-order valence-electron chi connectivity index (χ4n) is 0.934. The van der Waals surface area contributed by atoms with Crippen molar-refractivity contribution < 1.29 is 0 Å². The summed E-state index contributed by atoms with van der Waals surface area (Å²) in [5.74, 6) is 1.91. The van der Waals surface area contributed by atoms with E-state index in [1.54, 1.807) is 0 Å². The fourth-order valence-corrected chi connectivity index (χ4v) is 2.80. The molecule has 52 valence electrons. The molecule has 0 heterocycles. The van der Waals surface area contributed by atoms with Gasteiger partial charge >= 0.3 is 20.4 Å². The topological polar surface area (TPSA) is 0 Å².